The molecule has 1 aliphatic carbocycles. The van der Waals surface area contributed by atoms with E-state index < -0.39 is 5.82 Å². The van der Waals surface area contributed by atoms with Crippen LogP contribution in [0.2, 0.25) is 0 Å². The molecule has 0 aliphatic heterocycles. The first-order valence-corrected chi connectivity index (χ1v) is 5.73. The Labute approximate surface area is 101 Å². The Balaban J connectivity index is 2.55. The smallest absolute Gasteiger partial charge is 0.197 e. The molecule has 1 saturated carbocycles. The van der Waals surface area contributed by atoms with Crippen LogP contribution in [0.15, 0.2) is 12.1 Å². The van der Waals surface area contributed by atoms with Crippen LogP contribution in [-0.4, -0.2) is 20.3 Å². The summed E-state index contributed by atoms with van der Waals surface area (Å²) in [6.45, 7) is 1.97. The Morgan fingerprint density at radius 3 is 2.24 bits per heavy atom. The second kappa shape index (κ2) is 4.18. The molecule has 2 N–H and O–H groups in total. The van der Waals surface area contributed by atoms with Gasteiger partial charge in [-0.1, -0.05) is 6.07 Å². The van der Waals surface area contributed by atoms with E-state index in [0.717, 1.165) is 18.4 Å². The van der Waals surface area contributed by atoms with Gasteiger partial charge in [-0.15, -0.1) is 0 Å². The van der Waals surface area contributed by atoms with Gasteiger partial charge < -0.3 is 15.2 Å². The number of benzene rings is 1. The van der Waals surface area contributed by atoms with Crippen molar-refractivity contribution in [2.24, 2.45) is 5.73 Å². The van der Waals surface area contributed by atoms with Gasteiger partial charge in [0.2, 0.25) is 0 Å². The van der Waals surface area contributed by atoms with E-state index in [0.29, 0.717) is 5.75 Å². The third kappa shape index (κ3) is 1.76. The standard InChI is InChI=1S/C13H18FNO2/c1-8(15)13(6-7-13)9-4-5-10(14)12(17-3)11(9)16-2/h4-5,8H,6-7,15H2,1-3H3. The van der Waals surface area contributed by atoms with Crippen LogP contribution in [0.5, 0.6) is 11.5 Å². The molecular formula is C13H18FNO2. The van der Waals surface area contributed by atoms with Crippen molar-refractivity contribution >= 4 is 0 Å². The van der Waals surface area contributed by atoms with Crippen LogP contribution in [0, 0.1) is 5.82 Å². The van der Waals surface area contributed by atoms with Crippen LogP contribution in [0.4, 0.5) is 4.39 Å². The molecule has 0 heterocycles. The fourth-order valence-corrected chi connectivity index (χ4v) is 2.43. The second-order valence-electron chi connectivity index (χ2n) is 4.61. The van der Waals surface area contributed by atoms with Crippen molar-refractivity contribution in [1.82, 2.24) is 0 Å². The fraction of sp³-hybridized carbons (Fsp3) is 0.538. The maximum absolute atomic E-state index is 13.6. The Hall–Kier alpha value is -1.29. The number of halogens is 1. The molecule has 0 radical (unpaired) electrons. The number of methoxy groups -OCH3 is 2. The quantitative estimate of drug-likeness (QED) is 0.876. The van der Waals surface area contributed by atoms with Crippen molar-refractivity contribution in [3.05, 3.63) is 23.5 Å². The summed E-state index contributed by atoms with van der Waals surface area (Å²) in [7, 11) is 2.97. The monoisotopic (exact) mass is 239 g/mol. The molecule has 0 spiro atoms. The van der Waals surface area contributed by atoms with Gasteiger partial charge in [-0.2, -0.15) is 0 Å². The van der Waals surface area contributed by atoms with Crippen molar-refractivity contribution in [3.8, 4) is 11.5 Å². The van der Waals surface area contributed by atoms with E-state index in [1.54, 1.807) is 6.07 Å². The summed E-state index contributed by atoms with van der Waals surface area (Å²) in [5, 5.41) is 0. The minimum atomic E-state index is -0.409. The zero-order chi connectivity index (χ0) is 12.6. The maximum Gasteiger partial charge on any atom is 0.197 e. The molecule has 2 rings (SSSR count). The Morgan fingerprint density at radius 2 is 1.82 bits per heavy atom. The third-order valence-electron chi connectivity index (χ3n) is 3.67. The van der Waals surface area contributed by atoms with Crippen molar-refractivity contribution in [2.45, 2.75) is 31.2 Å². The van der Waals surface area contributed by atoms with Crippen LogP contribution in [0.1, 0.15) is 25.3 Å². The summed E-state index contributed by atoms with van der Waals surface area (Å²) in [4.78, 5) is 0. The lowest BCUT2D eigenvalue weighted by Crippen LogP contribution is -2.32. The summed E-state index contributed by atoms with van der Waals surface area (Å²) in [6, 6.07) is 3.19. The van der Waals surface area contributed by atoms with Gasteiger partial charge in [-0.3, -0.25) is 0 Å². The Kier molecular flexibility index (Phi) is 3.00. The number of nitrogens with two attached hydrogens (primary N) is 1. The van der Waals surface area contributed by atoms with Gasteiger partial charge in [-0.25, -0.2) is 4.39 Å². The molecule has 0 bridgehead atoms. The Morgan fingerprint density at radius 1 is 1.24 bits per heavy atom. The van der Waals surface area contributed by atoms with Gasteiger partial charge in [0.15, 0.2) is 17.3 Å². The molecule has 3 nitrogen and oxygen atoms in total. The molecule has 1 aromatic carbocycles. The SMILES string of the molecule is COc1c(F)ccc(C2(C(C)N)CC2)c1OC. The van der Waals surface area contributed by atoms with E-state index in [1.807, 2.05) is 6.92 Å². The molecule has 94 valence electrons. The van der Waals surface area contributed by atoms with E-state index in [-0.39, 0.29) is 17.2 Å². The number of ether oxygens (including phenoxy) is 2. The molecule has 1 unspecified atom stereocenters. The van der Waals surface area contributed by atoms with Crippen LogP contribution in [0.3, 0.4) is 0 Å². The van der Waals surface area contributed by atoms with Gasteiger partial charge in [-0.05, 0) is 25.8 Å². The first-order valence-electron chi connectivity index (χ1n) is 5.73. The maximum atomic E-state index is 13.6. The van der Waals surface area contributed by atoms with E-state index in [1.165, 1.54) is 20.3 Å². The third-order valence-corrected chi connectivity index (χ3v) is 3.67. The summed E-state index contributed by atoms with van der Waals surface area (Å²) in [5.74, 6) is 0.229. The van der Waals surface area contributed by atoms with Crippen LogP contribution >= 0.6 is 0 Å². The normalized spacial score (nSPS) is 18.6. The molecule has 0 aromatic heterocycles. The van der Waals surface area contributed by atoms with Gasteiger partial charge in [0, 0.05) is 17.0 Å². The minimum Gasteiger partial charge on any atom is -0.492 e. The Bertz CT molecular complexity index is 428. The highest BCUT2D eigenvalue weighted by atomic mass is 19.1. The van der Waals surface area contributed by atoms with E-state index in [2.05, 4.69) is 0 Å². The van der Waals surface area contributed by atoms with Gasteiger partial charge >= 0.3 is 0 Å². The van der Waals surface area contributed by atoms with Crippen molar-refractivity contribution in [3.63, 3.8) is 0 Å². The number of hydrogen-bond acceptors (Lipinski definition) is 3. The summed E-state index contributed by atoms with van der Waals surface area (Å²) in [6.07, 6.45) is 2.02. The molecule has 0 saturated heterocycles. The minimum absolute atomic E-state index is 0.0200. The first-order chi connectivity index (χ1) is 8.06. The van der Waals surface area contributed by atoms with E-state index in [4.69, 9.17) is 15.2 Å². The summed E-state index contributed by atoms with van der Waals surface area (Å²) < 4.78 is 24.0. The van der Waals surface area contributed by atoms with E-state index in [9.17, 15) is 4.39 Å². The van der Waals surface area contributed by atoms with Gasteiger partial charge in [0.1, 0.15) is 0 Å². The molecule has 1 aliphatic rings. The second-order valence-corrected chi connectivity index (χ2v) is 4.61. The van der Waals surface area contributed by atoms with Crippen molar-refractivity contribution in [1.29, 1.82) is 0 Å². The molecule has 17 heavy (non-hydrogen) atoms. The topological polar surface area (TPSA) is 44.5 Å². The summed E-state index contributed by atoms with van der Waals surface area (Å²) >= 11 is 0. The molecule has 0 amide bonds. The predicted octanol–water partition coefficient (Wildman–Crippen LogP) is 2.22. The van der Waals surface area contributed by atoms with Crippen LogP contribution in [-0.2, 0) is 5.41 Å². The molecular weight excluding hydrogens is 221 g/mol. The first kappa shape index (κ1) is 12.2. The molecule has 1 fully saturated rings. The fourth-order valence-electron chi connectivity index (χ4n) is 2.43. The number of hydrogen-bond donors (Lipinski definition) is 1. The average Bonchev–Trinajstić information content (AvgIpc) is 3.09. The van der Waals surface area contributed by atoms with Gasteiger partial charge in [0.25, 0.3) is 0 Å². The zero-order valence-corrected chi connectivity index (χ0v) is 10.4. The average molecular weight is 239 g/mol. The predicted molar refractivity (Wildman–Crippen MR) is 64.1 cm³/mol. The molecule has 1 atom stereocenters. The van der Waals surface area contributed by atoms with Crippen LogP contribution < -0.4 is 15.2 Å². The highest BCUT2D eigenvalue weighted by Crippen LogP contribution is 2.55. The molecule has 1 aromatic rings. The highest BCUT2D eigenvalue weighted by Gasteiger charge is 2.49. The van der Waals surface area contributed by atoms with Crippen LogP contribution in [0.25, 0.3) is 0 Å². The van der Waals surface area contributed by atoms with Gasteiger partial charge in [0.05, 0.1) is 14.2 Å². The van der Waals surface area contributed by atoms with E-state index >= 15 is 0 Å². The lowest BCUT2D eigenvalue weighted by Gasteiger charge is -2.23. The number of rotatable bonds is 4. The lowest BCUT2D eigenvalue weighted by molar-refractivity contribution is 0.330. The molecule has 4 heteroatoms. The zero-order valence-electron chi connectivity index (χ0n) is 10.4. The lowest BCUT2D eigenvalue weighted by atomic mass is 9.88. The largest absolute Gasteiger partial charge is 0.492 e. The van der Waals surface area contributed by atoms with Crippen molar-refractivity contribution < 1.29 is 13.9 Å². The summed E-state index contributed by atoms with van der Waals surface area (Å²) in [5.41, 5.74) is 6.90. The highest BCUT2D eigenvalue weighted by molar-refractivity contribution is 5.53. The van der Waals surface area contributed by atoms with Crippen molar-refractivity contribution in [2.75, 3.05) is 14.2 Å².